The van der Waals surface area contributed by atoms with Gasteiger partial charge in [0.05, 0.1) is 16.0 Å². The van der Waals surface area contributed by atoms with E-state index in [0.717, 1.165) is 14.6 Å². The summed E-state index contributed by atoms with van der Waals surface area (Å²) in [5.74, 6) is -0.256. The molecule has 0 fully saturated rings. The van der Waals surface area contributed by atoms with Gasteiger partial charge < -0.3 is 5.32 Å². The maximum Gasteiger partial charge on any atom is 0.321 e. The van der Waals surface area contributed by atoms with Crippen molar-refractivity contribution in [3.8, 4) is 0 Å². The van der Waals surface area contributed by atoms with Crippen LogP contribution in [0.4, 0.5) is 4.79 Å². The number of nitrogens with zero attached hydrogens (tertiary/aromatic N) is 1. The molecule has 0 aliphatic carbocycles. The molecule has 0 atom stereocenters. The molecule has 0 spiro atoms. The molecule has 2 N–H and O–H groups in total. The maximum absolute atomic E-state index is 11.6. The topological polar surface area (TPSA) is 71.1 Å². The van der Waals surface area contributed by atoms with Crippen LogP contribution in [0.25, 0.3) is 10.2 Å². The van der Waals surface area contributed by atoms with Crippen LogP contribution in [0.5, 0.6) is 0 Å². The Bertz CT molecular complexity index is 687. The lowest BCUT2D eigenvalue weighted by atomic mass is 10.3. The molecule has 0 saturated carbocycles. The van der Waals surface area contributed by atoms with Gasteiger partial charge in [0.2, 0.25) is 5.91 Å². The van der Waals surface area contributed by atoms with Gasteiger partial charge in [0.1, 0.15) is 0 Å². The molecule has 8 heteroatoms. The number of hydrogen-bond donors (Lipinski definition) is 2. The molecule has 0 saturated heterocycles. The highest BCUT2D eigenvalue weighted by Gasteiger charge is 2.10. The Balaban J connectivity index is 1.87. The number of imide groups is 1. The predicted octanol–water partition coefficient (Wildman–Crippen LogP) is 3.05. The average molecular weight is 342 g/mol. The van der Waals surface area contributed by atoms with E-state index in [4.69, 9.17) is 11.6 Å². The van der Waals surface area contributed by atoms with Gasteiger partial charge in [-0.15, -0.1) is 17.9 Å². The Morgan fingerprint density at radius 3 is 3.05 bits per heavy atom. The zero-order chi connectivity index (χ0) is 15.2. The van der Waals surface area contributed by atoms with Gasteiger partial charge in [0.15, 0.2) is 4.34 Å². The van der Waals surface area contributed by atoms with E-state index in [0.29, 0.717) is 11.6 Å². The number of urea groups is 1. The summed E-state index contributed by atoms with van der Waals surface area (Å²) < 4.78 is 1.76. The molecule has 21 heavy (non-hydrogen) atoms. The molecule has 3 amide bonds. The fourth-order valence-corrected chi connectivity index (χ4v) is 3.46. The molecule has 0 aliphatic rings. The van der Waals surface area contributed by atoms with Gasteiger partial charge in [-0.3, -0.25) is 10.1 Å². The molecule has 2 aromatic rings. The van der Waals surface area contributed by atoms with Crippen LogP contribution >= 0.6 is 34.7 Å². The van der Waals surface area contributed by atoms with E-state index in [2.05, 4.69) is 22.2 Å². The molecule has 1 heterocycles. The van der Waals surface area contributed by atoms with Crippen LogP contribution in [0, 0.1) is 0 Å². The largest absolute Gasteiger partial charge is 0.334 e. The molecule has 0 aliphatic heterocycles. The lowest BCUT2D eigenvalue weighted by molar-refractivity contribution is -0.117. The fourth-order valence-electron chi connectivity index (χ4n) is 1.44. The average Bonchev–Trinajstić information content (AvgIpc) is 2.85. The van der Waals surface area contributed by atoms with Gasteiger partial charge in [0, 0.05) is 11.6 Å². The number of carbonyl (C=O) groups is 2. The molecule has 0 radical (unpaired) electrons. The number of benzene rings is 1. The van der Waals surface area contributed by atoms with Crippen molar-refractivity contribution in [1.82, 2.24) is 15.6 Å². The van der Waals surface area contributed by atoms with Crippen molar-refractivity contribution in [3.63, 3.8) is 0 Å². The van der Waals surface area contributed by atoms with Gasteiger partial charge in [-0.2, -0.15) is 0 Å². The Kier molecular flexibility index (Phi) is 5.60. The van der Waals surface area contributed by atoms with Gasteiger partial charge in [-0.1, -0.05) is 29.4 Å². The van der Waals surface area contributed by atoms with E-state index in [1.165, 1.54) is 29.2 Å². The van der Waals surface area contributed by atoms with Crippen LogP contribution in [-0.4, -0.2) is 29.2 Å². The molecular weight excluding hydrogens is 330 g/mol. The van der Waals surface area contributed by atoms with Crippen LogP contribution in [0.2, 0.25) is 5.02 Å². The third-order valence-corrected chi connectivity index (χ3v) is 4.73. The smallest absolute Gasteiger partial charge is 0.321 e. The highest BCUT2D eigenvalue weighted by atomic mass is 35.5. The van der Waals surface area contributed by atoms with Crippen molar-refractivity contribution in [1.29, 1.82) is 0 Å². The molecule has 1 aromatic carbocycles. The predicted molar refractivity (Wildman–Crippen MR) is 87.1 cm³/mol. The third-order valence-electron chi connectivity index (χ3n) is 2.32. The summed E-state index contributed by atoms with van der Waals surface area (Å²) in [6.07, 6.45) is 1.53. The minimum Gasteiger partial charge on any atom is -0.334 e. The second-order valence-electron chi connectivity index (χ2n) is 3.93. The van der Waals surface area contributed by atoms with Crippen LogP contribution in [-0.2, 0) is 4.79 Å². The first-order valence-electron chi connectivity index (χ1n) is 5.96. The van der Waals surface area contributed by atoms with Crippen LogP contribution in [0.3, 0.4) is 0 Å². The SMILES string of the molecule is C=CCNC(=O)NC(=O)CSc1nc2cc(Cl)ccc2s1. The lowest BCUT2D eigenvalue weighted by Crippen LogP contribution is -2.40. The van der Waals surface area contributed by atoms with E-state index in [1.807, 2.05) is 6.07 Å². The molecule has 0 unspecified atom stereocenters. The first-order valence-corrected chi connectivity index (χ1v) is 8.14. The maximum atomic E-state index is 11.6. The Hall–Kier alpha value is -1.57. The van der Waals surface area contributed by atoms with Gasteiger partial charge >= 0.3 is 6.03 Å². The van der Waals surface area contributed by atoms with E-state index in [-0.39, 0.29) is 11.7 Å². The zero-order valence-electron chi connectivity index (χ0n) is 10.9. The van der Waals surface area contributed by atoms with Crippen molar-refractivity contribution >= 4 is 56.9 Å². The number of halogens is 1. The first-order chi connectivity index (χ1) is 10.1. The molecule has 2 rings (SSSR count). The molecular formula is C13H12ClN3O2S2. The number of aromatic nitrogens is 1. The number of nitrogens with one attached hydrogen (secondary N) is 2. The first kappa shape index (κ1) is 15.8. The fraction of sp³-hybridized carbons (Fsp3) is 0.154. The molecule has 1 aromatic heterocycles. The number of hydrogen-bond acceptors (Lipinski definition) is 5. The van der Waals surface area contributed by atoms with E-state index in [9.17, 15) is 9.59 Å². The molecule has 0 bridgehead atoms. The van der Waals surface area contributed by atoms with E-state index < -0.39 is 6.03 Å². The molecule has 5 nitrogen and oxygen atoms in total. The summed E-state index contributed by atoms with van der Waals surface area (Å²) in [4.78, 5) is 27.2. The lowest BCUT2D eigenvalue weighted by Gasteiger charge is -2.03. The number of thiazole rings is 1. The normalized spacial score (nSPS) is 10.3. The number of thioether (sulfide) groups is 1. The minimum absolute atomic E-state index is 0.120. The highest BCUT2D eigenvalue weighted by molar-refractivity contribution is 8.01. The summed E-state index contributed by atoms with van der Waals surface area (Å²) in [5, 5.41) is 5.32. The summed E-state index contributed by atoms with van der Waals surface area (Å²) in [6.45, 7) is 3.78. The van der Waals surface area contributed by atoms with Gasteiger partial charge in [-0.25, -0.2) is 9.78 Å². The van der Waals surface area contributed by atoms with Crippen LogP contribution < -0.4 is 10.6 Å². The quantitative estimate of drug-likeness (QED) is 0.647. The second kappa shape index (κ2) is 7.44. The summed E-state index contributed by atoms with van der Waals surface area (Å²) >= 11 is 8.65. The Morgan fingerprint density at radius 2 is 2.29 bits per heavy atom. The van der Waals surface area contributed by atoms with Crippen molar-refractivity contribution < 1.29 is 9.59 Å². The van der Waals surface area contributed by atoms with Crippen molar-refractivity contribution in [2.24, 2.45) is 0 Å². The van der Waals surface area contributed by atoms with Crippen molar-refractivity contribution in [2.45, 2.75) is 4.34 Å². The number of amides is 3. The number of carbonyl (C=O) groups excluding carboxylic acids is 2. The number of fused-ring (bicyclic) bond motifs is 1. The summed E-state index contributed by atoms with van der Waals surface area (Å²) in [7, 11) is 0. The highest BCUT2D eigenvalue weighted by Crippen LogP contribution is 2.30. The minimum atomic E-state index is -0.531. The van der Waals surface area contributed by atoms with Crippen molar-refractivity contribution in [2.75, 3.05) is 12.3 Å². The van der Waals surface area contributed by atoms with E-state index >= 15 is 0 Å². The van der Waals surface area contributed by atoms with Crippen molar-refractivity contribution in [3.05, 3.63) is 35.9 Å². The Morgan fingerprint density at radius 1 is 1.48 bits per heavy atom. The monoisotopic (exact) mass is 341 g/mol. The van der Waals surface area contributed by atoms with Gasteiger partial charge in [0.25, 0.3) is 0 Å². The van der Waals surface area contributed by atoms with Crippen LogP contribution in [0.15, 0.2) is 35.2 Å². The third kappa shape index (κ3) is 4.73. The van der Waals surface area contributed by atoms with E-state index in [1.54, 1.807) is 12.1 Å². The number of rotatable bonds is 5. The van der Waals surface area contributed by atoms with Gasteiger partial charge in [-0.05, 0) is 18.2 Å². The molecule has 110 valence electrons. The standard InChI is InChI=1S/C13H12ClN3O2S2/c1-2-5-15-12(19)17-11(18)7-20-13-16-9-6-8(14)3-4-10(9)21-13/h2-4,6H,1,5,7H2,(H2,15,17,18,19). The summed E-state index contributed by atoms with van der Waals surface area (Å²) in [5.41, 5.74) is 0.805. The Labute approximate surface area is 134 Å². The summed E-state index contributed by atoms with van der Waals surface area (Å²) in [6, 6.07) is 4.94. The van der Waals surface area contributed by atoms with Crippen LogP contribution in [0.1, 0.15) is 0 Å². The zero-order valence-corrected chi connectivity index (χ0v) is 13.3. The second-order valence-corrected chi connectivity index (χ2v) is 6.62.